The van der Waals surface area contributed by atoms with Crippen molar-refractivity contribution in [3.63, 3.8) is 0 Å². The van der Waals surface area contributed by atoms with Gasteiger partial charge in [0.15, 0.2) is 5.16 Å². The fourth-order valence-electron chi connectivity index (χ4n) is 3.63. The van der Waals surface area contributed by atoms with Crippen molar-refractivity contribution in [1.29, 1.82) is 0 Å². The normalized spacial score (nSPS) is 19.7. The van der Waals surface area contributed by atoms with Crippen LogP contribution in [-0.4, -0.2) is 41.3 Å². The lowest BCUT2D eigenvalue weighted by molar-refractivity contribution is -0.122. The standard InChI is InChI=1S/C17H25BrN4OS/c1-24-17-19-11-14(18)16(21-17)22-8-6-12(7-9-22)10-15(23)20-13-4-2-3-5-13/h11-13H,2-10H2,1H3,(H,20,23). The predicted molar refractivity (Wildman–Crippen MR) is 101 cm³/mol. The van der Waals surface area contributed by atoms with Gasteiger partial charge in [0, 0.05) is 31.7 Å². The third-order valence-corrected chi connectivity index (χ3v) is 6.12. The summed E-state index contributed by atoms with van der Waals surface area (Å²) in [4.78, 5) is 23.4. The van der Waals surface area contributed by atoms with Crippen molar-refractivity contribution in [2.75, 3.05) is 24.2 Å². The number of piperidine rings is 1. The topological polar surface area (TPSA) is 58.1 Å². The molecule has 1 N–H and O–H groups in total. The van der Waals surface area contributed by atoms with Gasteiger partial charge in [-0.25, -0.2) is 9.97 Å². The van der Waals surface area contributed by atoms with E-state index in [4.69, 9.17) is 0 Å². The van der Waals surface area contributed by atoms with Crippen LogP contribution in [0.1, 0.15) is 44.9 Å². The number of amides is 1. The minimum atomic E-state index is 0.244. The van der Waals surface area contributed by atoms with E-state index < -0.39 is 0 Å². The molecular formula is C17H25BrN4OS. The molecule has 0 unspecified atom stereocenters. The first-order valence-corrected chi connectivity index (χ1v) is 10.8. The zero-order valence-corrected chi connectivity index (χ0v) is 16.5. The molecule has 2 fully saturated rings. The van der Waals surface area contributed by atoms with Gasteiger partial charge in [-0.3, -0.25) is 4.79 Å². The molecule has 1 aromatic heterocycles. The molecule has 132 valence electrons. The second kappa shape index (κ2) is 8.52. The molecule has 5 nitrogen and oxygen atoms in total. The van der Waals surface area contributed by atoms with E-state index in [-0.39, 0.29) is 5.91 Å². The Hall–Kier alpha value is -0.820. The number of rotatable bonds is 5. The van der Waals surface area contributed by atoms with Crippen molar-refractivity contribution in [3.8, 4) is 0 Å². The summed E-state index contributed by atoms with van der Waals surface area (Å²) in [5, 5.41) is 4.01. The molecule has 3 rings (SSSR count). The number of nitrogens with zero attached hydrogens (tertiary/aromatic N) is 3. The lowest BCUT2D eigenvalue weighted by atomic mass is 9.93. The number of nitrogens with one attached hydrogen (secondary N) is 1. The Kier molecular flexibility index (Phi) is 6.38. The highest BCUT2D eigenvalue weighted by molar-refractivity contribution is 9.10. The van der Waals surface area contributed by atoms with Crippen LogP contribution in [0.4, 0.5) is 5.82 Å². The number of carbonyl (C=O) groups excluding carboxylic acids is 1. The number of anilines is 1. The first-order valence-electron chi connectivity index (χ1n) is 8.76. The Balaban J connectivity index is 1.49. The van der Waals surface area contributed by atoms with E-state index >= 15 is 0 Å². The van der Waals surface area contributed by atoms with E-state index in [1.165, 1.54) is 12.8 Å². The van der Waals surface area contributed by atoms with Crippen LogP contribution in [0.5, 0.6) is 0 Å². The molecule has 2 aliphatic rings. The first kappa shape index (κ1) is 18.0. The average Bonchev–Trinajstić information content (AvgIpc) is 3.09. The smallest absolute Gasteiger partial charge is 0.220 e. The fourth-order valence-corrected chi connectivity index (χ4v) is 4.41. The molecule has 1 amide bonds. The lowest BCUT2D eigenvalue weighted by Crippen LogP contribution is -2.38. The minimum absolute atomic E-state index is 0.244. The molecule has 0 radical (unpaired) electrons. The Morgan fingerprint density at radius 3 is 2.71 bits per heavy atom. The van der Waals surface area contributed by atoms with Gasteiger partial charge in [0.2, 0.25) is 5.91 Å². The Morgan fingerprint density at radius 2 is 2.04 bits per heavy atom. The molecule has 1 aromatic rings. The summed E-state index contributed by atoms with van der Waals surface area (Å²) in [6.45, 7) is 1.90. The lowest BCUT2D eigenvalue weighted by Gasteiger charge is -2.33. The predicted octanol–water partition coefficient (Wildman–Crippen LogP) is 3.63. The van der Waals surface area contributed by atoms with Gasteiger partial charge in [-0.05, 0) is 53.8 Å². The van der Waals surface area contributed by atoms with Crippen molar-refractivity contribution in [1.82, 2.24) is 15.3 Å². The van der Waals surface area contributed by atoms with Crippen LogP contribution >= 0.6 is 27.7 Å². The Bertz CT molecular complexity index is 572. The second-order valence-corrected chi connectivity index (χ2v) is 8.34. The molecule has 1 aliphatic carbocycles. The molecule has 0 atom stereocenters. The van der Waals surface area contributed by atoms with Gasteiger partial charge < -0.3 is 10.2 Å². The van der Waals surface area contributed by atoms with Gasteiger partial charge in [0.25, 0.3) is 0 Å². The fraction of sp³-hybridized carbons (Fsp3) is 0.706. The highest BCUT2D eigenvalue weighted by Crippen LogP contribution is 2.30. The molecule has 0 aromatic carbocycles. The van der Waals surface area contributed by atoms with Crippen LogP contribution in [0.25, 0.3) is 0 Å². The van der Waals surface area contributed by atoms with Crippen molar-refractivity contribution in [2.24, 2.45) is 5.92 Å². The molecular weight excluding hydrogens is 388 g/mol. The van der Waals surface area contributed by atoms with E-state index in [0.717, 1.165) is 54.2 Å². The van der Waals surface area contributed by atoms with Crippen molar-refractivity contribution < 1.29 is 4.79 Å². The Morgan fingerprint density at radius 1 is 1.33 bits per heavy atom. The summed E-state index contributed by atoms with van der Waals surface area (Å²) >= 11 is 5.12. The summed E-state index contributed by atoms with van der Waals surface area (Å²) in [5.41, 5.74) is 0. The second-order valence-electron chi connectivity index (χ2n) is 6.71. The molecule has 1 saturated carbocycles. The third-order valence-electron chi connectivity index (χ3n) is 4.99. The monoisotopic (exact) mass is 412 g/mol. The summed E-state index contributed by atoms with van der Waals surface area (Å²) in [7, 11) is 0. The van der Waals surface area contributed by atoms with Crippen molar-refractivity contribution >= 4 is 39.4 Å². The summed E-state index contributed by atoms with van der Waals surface area (Å²) < 4.78 is 0.942. The van der Waals surface area contributed by atoms with E-state index in [1.807, 2.05) is 12.5 Å². The Labute approximate surface area is 156 Å². The zero-order valence-electron chi connectivity index (χ0n) is 14.1. The van der Waals surface area contributed by atoms with E-state index in [1.54, 1.807) is 11.8 Å². The van der Waals surface area contributed by atoms with Crippen LogP contribution in [0.15, 0.2) is 15.8 Å². The average molecular weight is 413 g/mol. The number of carbonyl (C=O) groups is 1. The van der Waals surface area contributed by atoms with Crippen LogP contribution in [-0.2, 0) is 4.79 Å². The number of halogens is 1. The maximum atomic E-state index is 12.2. The highest BCUT2D eigenvalue weighted by Gasteiger charge is 2.25. The van der Waals surface area contributed by atoms with E-state index in [9.17, 15) is 4.79 Å². The van der Waals surface area contributed by atoms with Crippen LogP contribution < -0.4 is 10.2 Å². The minimum Gasteiger partial charge on any atom is -0.356 e. The largest absolute Gasteiger partial charge is 0.356 e. The molecule has 0 spiro atoms. The third kappa shape index (κ3) is 4.63. The number of thioether (sulfide) groups is 1. The summed E-state index contributed by atoms with van der Waals surface area (Å²) in [6, 6.07) is 0.430. The molecule has 2 heterocycles. The van der Waals surface area contributed by atoms with Crippen LogP contribution in [0, 0.1) is 5.92 Å². The van der Waals surface area contributed by atoms with Gasteiger partial charge >= 0.3 is 0 Å². The molecule has 1 saturated heterocycles. The van der Waals surface area contributed by atoms with Crippen LogP contribution in [0.2, 0.25) is 0 Å². The van der Waals surface area contributed by atoms with E-state index in [2.05, 4.69) is 36.1 Å². The zero-order chi connectivity index (χ0) is 16.9. The molecule has 24 heavy (non-hydrogen) atoms. The van der Waals surface area contributed by atoms with E-state index in [0.29, 0.717) is 18.4 Å². The SMILES string of the molecule is CSc1ncc(Br)c(N2CCC(CC(=O)NC3CCCC3)CC2)n1. The van der Waals surface area contributed by atoms with Crippen molar-refractivity contribution in [3.05, 3.63) is 10.7 Å². The number of hydrogen-bond donors (Lipinski definition) is 1. The van der Waals surface area contributed by atoms with Crippen molar-refractivity contribution in [2.45, 2.75) is 56.1 Å². The van der Waals surface area contributed by atoms with Gasteiger partial charge in [-0.15, -0.1) is 0 Å². The number of aromatic nitrogens is 2. The highest BCUT2D eigenvalue weighted by atomic mass is 79.9. The summed E-state index contributed by atoms with van der Waals surface area (Å²) in [5.74, 6) is 1.71. The maximum absolute atomic E-state index is 12.2. The number of hydrogen-bond acceptors (Lipinski definition) is 5. The van der Waals surface area contributed by atoms with Gasteiger partial charge in [-0.1, -0.05) is 24.6 Å². The quantitative estimate of drug-likeness (QED) is 0.590. The summed E-state index contributed by atoms with van der Waals surface area (Å²) in [6.07, 6.45) is 11.4. The molecule has 0 bridgehead atoms. The molecule has 7 heteroatoms. The van der Waals surface area contributed by atoms with Gasteiger partial charge in [-0.2, -0.15) is 0 Å². The molecule has 1 aliphatic heterocycles. The van der Waals surface area contributed by atoms with Crippen LogP contribution in [0.3, 0.4) is 0 Å². The first-order chi connectivity index (χ1) is 11.7. The maximum Gasteiger partial charge on any atom is 0.220 e. The van der Waals surface area contributed by atoms with Gasteiger partial charge in [0.05, 0.1) is 4.47 Å². The van der Waals surface area contributed by atoms with Gasteiger partial charge in [0.1, 0.15) is 5.82 Å².